The molecule has 2 amide bonds. The van der Waals surface area contributed by atoms with E-state index in [-0.39, 0.29) is 41.2 Å². The van der Waals surface area contributed by atoms with Gasteiger partial charge in [-0.3, -0.25) is 14.4 Å². The van der Waals surface area contributed by atoms with Crippen LogP contribution in [-0.4, -0.2) is 30.2 Å². The molecule has 3 rings (SSSR count). The quantitative estimate of drug-likeness (QED) is 0.860. The van der Waals surface area contributed by atoms with Gasteiger partial charge < -0.3 is 10.2 Å². The number of carbonyl (C=O) groups excluding carboxylic acids is 3. The first kappa shape index (κ1) is 14.0. The van der Waals surface area contributed by atoms with Crippen LogP contribution >= 0.6 is 11.6 Å². The number of carbonyl (C=O) groups is 3. The third-order valence-electron chi connectivity index (χ3n) is 3.52. The third kappa shape index (κ3) is 2.63. The van der Waals surface area contributed by atoms with E-state index >= 15 is 0 Å². The highest BCUT2D eigenvalue weighted by molar-refractivity contribution is 6.52. The standard InChI is InChI=1S/C14H12ClFN2O3/c15-9-5-8-11(6-10(9)16)18(14(21)13(8)20)4-3-12(19)17-7-1-2-7/h5-7H,1-4H2,(H,17,19). The maximum Gasteiger partial charge on any atom is 0.299 e. The van der Waals surface area contributed by atoms with E-state index in [2.05, 4.69) is 5.32 Å². The SMILES string of the molecule is O=C(CCN1C(=O)C(=O)c2cc(Cl)c(F)cc21)NC1CC1. The molecule has 1 aromatic rings. The normalized spacial score (nSPS) is 17.1. The van der Waals surface area contributed by atoms with Crippen LogP contribution in [-0.2, 0) is 9.59 Å². The van der Waals surface area contributed by atoms with Gasteiger partial charge in [0.1, 0.15) is 5.82 Å². The van der Waals surface area contributed by atoms with Crippen molar-refractivity contribution in [1.29, 1.82) is 0 Å². The topological polar surface area (TPSA) is 66.5 Å². The number of nitrogens with one attached hydrogen (secondary N) is 1. The molecular weight excluding hydrogens is 299 g/mol. The molecule has 0 atom stereocenters. The zero-order valence-electron chi connectivity index (χ0n) is 11.0. The van der Waals surface area contributed by atoms with Crippen molar-refractivity contribution < 1.29 is 18.8 Å². The summed E-state index contributed by atoms with van der Waals surface area (Å²) in [5.74, 6) is -2.37. The van der Waals surface area contributed by atoms with Gasteiger partial charge in [0.05, 0.1) is 16.3 Å². The number of ketones is 1. The van der Waals surface area contributed by atoms with Crippen LogP contribution in [0.1, 0.15) is 29.6 Å². The van der Waals surface area contributed by atoms with Crippen LogP contribution in [0.15, 0.2) is 12.1 Å². The van der Waals surface area contributed by atoms with Gasteiger partial charge >= 0.3 is 0 Å². The molecule has 0 unspecified atom stereocenters. The van der Waals surface area contributed by atoms with Gasteiger partial charge in [0.15, 0.2) is 0 Å². The summed E-state index contributed by atoms with van der Waals surface area (Å²) in [6.07, 6.45) is 2.01. The first-order valence-electron chi connectivity index (χ1n) is 6.62. The van der Waals surface area contributed by atoms with E-state index in [1.54, 1.807) is 0 Å². The minimum atomic E-state index is -0.758. The number of nitrogens with zero attached hydrogens (tertiary/aromatic N) is 1. The maximum absolute atomic E-state index is 13.5. The summed E-state index contributed by atoms with van der Waals surface area (Å²) >= 11 is 5.62. The highest BCUT2D eigenvalue weighted by Crippen LogP contribution is 2.33. The van der Waals surface area contributed by atoms with Crippen molar-refractivity contribution in [2.24, 2.45) is 0 Å². The summed E-state index contributed by atoms with van der Waals surface area (Å²) in [5.41, 5.74) is 0.250. The summed E-state index contributed by atoms with van der Waals surface area (Å²) in [5, 5.41) is 2.59. The number of hydrogen-bond acceptors (Lipinski definition) is 3. The Hall–Kier alpha value is -1.95. The molecule has 0 saturated heterocycles. The fourth-order valence-corrected chi connectivity index (χ4v) is 2.42. The van der Waals surface area contributed by atoms with E-state index in [4.69, 9.17) is 11.6 Å². The van der Waals surface area contributed by atoms with Crippen LogP contribution in [0.25, 0.3) is 0 Å². The van der Waals surface area contributed by atoms with Crippen LogP contribution in [0.4, 0.5) is 10.1 Å². The second-order valence-electron chi connectivity index (χ2n) is 5.16. The predicted octanol–water partition coefficient (Wildman–Crippen LogP) is 1.68. The first-order valence-corrected chi connectivity index (χ1v) is 7.00. The van der Waals surface area contributed by atoms with E-state index in [0.717, 1.165) is 29.9 Å². The number of Topliss-reactive ketones (excluding diaryl/α,β-unsaturated/α-hetero) is 1. The Morgan fingerprint density at radius 2 is 2.10 bits per heavy atom. The first-order chi connectivity index (χ1) is 9.97. The van der Waals surface area contributed by atoms with Gasteiger partial charge in [-0.15, -0.1) is 0 Å². The molecule has 1 aliphatic carbocycles. The molecule has 21 heavy (non-hydrogen) atoms. The molecule has 0 bridgehead atoms. The van der Waals surface area contributed by atoms with Crippen molar-refractivity contribution in [3.63, 3.8) is 0 Å². The van der Waals surface area contributed by atoms with Gasteiger partial charge in [-0.05, 0) is 25.0 Å². The zero-order chi connectivity index (χ0) is 15.1. The number of halogens is 2. The second-order valence-corrected chi connectivity index (χ2v) is 5.57. The lowest BCUT2D eigenvalue weighted by atomic mass is 10.1. The Kier molecular flexibility index (Phi) is 3.41. The smallest absolute Gasteiger partial charge is 0.299 e. The third-order valence-corrected chi connectivity index (χ3v) is 3.81. The number of benzene rings is 1. The molecule has 5 nitrogen and oxygen atoms in total. The fourth-order valence-electron chi connectivity index (χ4n) is 2.25. The van der Waals surface area contributed by atoms with E-state index in [1.807, 2.05) is 0 Å². The van der Waals surface area contributed by atoms with Crippen LogP contribution in [0.5, 0.6) is 0 Å². The molecule has 0 radical (unpaired) electrons. The molecule has 1 saturated carbocycles. The van der Waals surface area contributed by atoms with Crippen LogP contribution in [0.2, 0.25) is 5.02 Å². The van der Waals surface area contributed by atoms with Gasteiger partial charge in [-0.2, -0.15) is 0 Å². The number of hydrogen-bond donors (Lipinski definition) is 1. The molecule has 1 N–H and O–H groups in total. The Bertz CT molecular complexity index is 658. The van der Waals surface area contributed by atoms with Crippen LogP contribution < -0.4 is 10.2 Å². The number of fused-ring (bicyclic) bond motifs is 1. The number of rotatable bonds is 4. The van der Waals surface area contributed by atoms with E-state index in [0.29, 0.717) is 0 Å². The Labute approximate surface area is 125 Å². The van der Waals surface area contributed by atoms with E-state index < -0.39 is 17.5 Å². The Morgan fingerprint density at radius 3 is 2.76 bits per heavy atom. The molecule has 0 aromatic heterocycles. The zero-order valence-corrected chi connectivity index (χ0v) is 11.7. The highest BCUT2D eigenvalue weighted by atomic mass is 35.5. The molecule has 1 aliphatic heterocycles. The molecule has 7 heteroatoms. The van der Waals surface area contributed by atoms with Crippen molar-refractivity contribution in [3.05, 3.63) is 28.5 Å². The molecule has 2 aliphatic rings. The summed E-state index contributed by atoms with van der Waals surface area (Å²) in [6, 6.07) is 2.44. The fraction of sp³-hybridized carbons (Fsp3) is 0.357. The Balaban J connectivity index is 1.77. The predicted molar refractivity (Wildman–Crippen MR) is 73.9 cm³/mol. The van der Waals surface area contributed by atoms with Gasteiger partial charge in [0.25, 0.3) is 11.7 Å². The average molecular weight is 311 g/mol. The van der Waals surface area contributed by atoms with Crippen molar-refractivity contribution in [2.45, 2.75) is 25.3 Å². The van der Waals surface area contributed by atoms with E-state index in [1.165, 1.54) is 0 Å². The van der Waals surface area contributed by atoms with Gasteiger partial charge in [0.2, 0.25) is 5.91 Å². The lowest BCUT2D eigenvalue weighted by Gasteiger charge is -2.16. The second kappa shape index (κ2) is 5.11. The van der Waals surface area contributed by atoms with Crippen molar-refractivity contribution in [2.75, 3.05) is 11.4 Å². The molecule has 1 fully saturated rings. The van der Waals surface area contributed by atoms with Gasteiger partial charge in [-0.1, -0.05) is 11.6 Å². The molecular formula is C14H12ClFN2O3. The Morgan fingerprint density at radius 1 is 1.38 bits per heavy atom. The molecule has 1 heterocycles. The van der Waals surface area contributed by atoms with Gasteiger partial charge in [0, 0.05) is 19.0 Å². The highest BCUT2D eigenvalue weighted by Gasteiger charge is 2.37. The minimum absolute atomic E-state index is 0.0389. The summed E-state index contributed by atoms with van der Waals surface area (Å²) in [7, 11) is 0. The van der Waals surface area contributed by atoms with Crippen LogP contribution in [0.3, 0.4) is 0 Å². The van der Waals surface area contributed by atoms with Crippen LogP contribution in [0, 0.1) is 5.82 Å². The molecule has 110 valence electrons. The minimum Gasteiger partial charge on any atom is -0.353 e. The summed E-state index contributed by atoms with van der Waals surface area (Å²) < 4.78 is 13.5. The largest absolute Gasteiger partial charge is 0.353 e. The average Bonchev–Trinajstić information content (AvgIpc) is 3.21. The lowest BCUT2D eigenvalue weighted by Crippen LogP contribution is -2.35. The monoisotopic (exact) mass is 310 g/mol. The van der Waals surface area contributed by atoms with Crippen molar-refractivity contribution in [1.82, 2.24) is 5.32 Å². The van der Waals surface area contributed by atoms with Crippen molar-refractivity contribution >= 4 is 34.9 Å². The van der Waals surface area contributed by atoms with E-state index in [9.17, 15) is 18.8 Å². The summed E-state index contributed by atoms with van der Waals surface area (Å²) in [4.78, 5) is 36.5. The number of anilines is 1. The molecule has 0 spiro atoms. The summed E-state index contributed by atoms with van der Waals surface area (Å²) in [6.45, 7) is 0.0389. The maximum atomic E-state index is 13.5. The number of amides is 2. The van der Waals surface area contributed by atoms with Gasteiger partial charge in [-0.25, -0.2) is 4.39 Å². The van der Waals surface area contributed by atoms with Crippen molar-refractivity contribution in [3.8, 4) is 0 Å². The molecule has 1 aromatic carbocycles. The lowest BCUT2D eigenvalue weighted by molar-refractivity contribution is -0.121.